The molecule has 21 heavy (non-hydrogen) atoms. The highest BCUT2D eigenvalue weighted by atomic mass is 32.2. The second-order valence-electron chi connectivity index (χ2n) is 4.81. The van der Waals surface area contributed by atoms with Crippen molar-refractivity contribution in [3.63, 3.8) is 0 Å². The van der Waals surface area contributed by atoms with E-state index in [0.717, 1.165) is 0 Å². The van der Waals surface area contributed by atoms with Crippen LogP contribution in [-0.2, 0) is 26.2 Å². The summed E-state index contributed by atoms with van der Waals surface area (Å²) in [5.74, 6) is -0.441. The third-order valence-corrected chi connectivity index (χ3v) is 4.25. The van der Waals surface area contributed by atoms with Gasteiger partial charge in [-0.15, -0.1) is 0 Å². The molecule has 1 fully saturated rings. The second kappa shape index (κ2) is 5.92. The number of imide groups is 1. The normalized spacial score (nSPS) is 19.3. The monoisotopic (exact) mass is 311 g/mol. The van der Waals surface area contributed by atoms with Crippen LogP contribution in [0.1, 0.15) is 18.9 Å². The number of nitrogens with one attached hydrogen (secondary N) is 1. The number of rotatable bonds is 5. The van der Waals surface area contributed by atoms with E-state index in [-0.39, 0.29) is 29.7 Å². The number of benzene rings is 1. The summed E-state index contributed by atoms with van der Waals surface area (Å²) in [6.07, 6.45) is 0.127. The molecule has 0 aromatic heterocycles. The van der Waals surface area contributed by atoms with Crippen LogP contribution in [0.4, 0.5) is 0 Å². The van der Waals surface area contributed by atoms with Crippen LogP contribution in [0.25, 0.3) is 0 Å². The third-order valence-electron chi connectivity index (χ3n) is 3.34. The highest BCUT2D eigenvalue weighted by Crippen LogP contribution is 2.14. The zero-order valence-corrected chi connectivity index (χ0v) is 12.4. The lowest BCUT2D eigenvalue weighted by Gasteiger charge is -2.13. The Morgan fingerprint density at radius 3 is 2.67 bits per heavy atom. The van der Waals surface area contributed by atoms with Gasteiger partial charge in [-0.25, -0.2) is 13.6 Å². The van der Waals surface area contributed by atoms with E-state index in [9.17, 15) is 18.0 Å². The Morgan fingerprint density at radius 1 is 1.38 bits per heavy atom. The van der Waals surface area contributed by atoms with Crippen LogP contribution in [0, 0.1) is 0 Å². The van der Waals surface area contributed by atoms with Crippen LogP contribution >= 0.6 is 0 Å². The number of hydrogen-bond acceptors (Lipinski definition) is 5. The average Bonchev–Trinajstić information content (AvgIpc) is 2.70. The predicted molar refractivity (Wildman–Crippen MR) is 75.5 cm³/mol. The molecule has 0 spiro atoms. The van der Waals surface area contributed by atoms with Crippen LogP contribution in [0.5, 0.6) is 0 Å². The summed E-state index contributed by atoms with van der Waals surface area (Å²) in [6.45, 7) is 2.38. The predicted octanol–water partition coefficient (Wildman–Crippen LogP) is -0.429. The van der Waals surface area contributed by atoms with Gasteiger partial charge in [0.25, 0.3) is 0 Å². The number of likely N-dealkylation sites (N-methyl/N-ethyl adjacent to an activating group) is 1. The van der Waals surface area contributed by atoms with Crippen LogP contribution < -0.4 is 10.5 Å². The summed E-state index contributed by atoms with van der Waals surface area (Å²) in [7, 11) is -3.75. The largest absolute Gasteiger partial charge is 0.301 e. The van der Waals surface area contributed by atoms with Crippen molar-refractivity contribution in [1.82, 2.24) is 10.2 Å². The molecule has 8 heteroatoms. The van der Waals surface area contributed by atoms with Crippen molar-refractivity contribution in [3.8, 4) is 0 Å². The van der Waals surface area contributed by atoms with Crippen LogP contribution in [0.2, 0.25) is 0 Å². The van der Waals surface area contributed by atoms with E-state index in [0.29, 0.717) is 12.1 Å². The van der Waals surface area contributed by atoms with Gasteiger partial charge in [0.2, 0.25) is 21.8 Å². The summed E-state index contributed by atoms with van der Waals surface area (Å²) < 4.78 is 22.5. The maximum absolute atomic E-state index is 11.9. The molecule has 0 bridgehead atoms. The van der Waals surface area contributed by atoms with Crippen LogP contribution in [0.15, 0.2) is 29.2 Å². The molecule has 1 aromatic carbocycles. The number of carbonyl (C=O) groups is 2. The number of nitrogens with two attached hydrogens (primary N) is 1. The fourth-order valence-electron chi connectivity index (χ4n) is 2.25. The zero-order chi connectivity index (χ0) is 15.6. The van der Waals surface area contributed by atoms with Gasteiger partial charge in [-0.2, -0.15) is 0 Å². The molecule has 2 rings (SSSR count). The molecule has 114 valence electrons. The quantitative estimate of drug-likeness (QED) is 0.717. The van der Waals surface area contributed by atoms with Crippen LogP contribution in [-0.4, -0.2) is 37.7 Å². The molecule has 1 atom stereocenters. The lowest BCUT2D eigenvalue weighted by atomic mass is 10.2. The molecule has 1 aromatic rings. The van der Waals surface area contributed by atoms with E-state index in [1.54, 1.807) is 19.1 Å². The molecule has 1 aliphatic rings. The Balaban J connectivity index is 2.05. The average molecular weight is 311 g/mol. The molecule has 0 aliphatic carbocycles. The fraction of sp³-hybridized carbons (Fsp3) is 0.385. The highest BCUT2D eigenvalue weighted by Gasteiger charge is 2.36. The lowest BCUT2D eigenvalue weighted by molar-refractivity contribution is -0.138. The number of hydrogen-bond donors (Lipinski definition) is 2. The summed E-state index contributed by atoms with van der Waals surface area (Å²) in [5.41, 5.74) is 0.678. The smallest absolute Gasteiger partial charge is 0.246 e. The minimum absolute atomic E-state index is 0.0193. The van der Waals surface area contributed by atoms with E-state index in [2.05, 4.69) is 5.32 Å². The first-order chi connectivity index (χ1) is 9.82. The SMILES string of the molecule is CCN1C(=O)CC(NCc2cccc(S(N)(=O)=O)c2)C1=O. The first-order valence-corrected chi connectivity index (χ1v) is 8.07. The molecule has 0 saturated carbocycles. The maximum atomic E-state index is 11.9. The minimum Gasteiger partial charge on any atom is -0.301 e. The Morgan fingerprint density at radius 2 is 2.10 bits per heavy atom. The van der Waals surface area contributed by atoms with E-state index in [1.807, 2.05) is 0 Å². The molecule has 1 saturated heterocycles. The Bertz CT molecular complexity index is 672. The second-order valence-corrected chi connectivity index (χ2v) is 6.37. The lowest BCUT2D eigenvalue weighted by Crippen LogP contribution is -2.38. The number of likely N-dealkylation sites (tertiary alicyclic amines) is 1. The van der Waals surface area contributed by atoms with Crippen molar-refractivity contribution in [1.29, 1.82) is 0 Å². The van der Waals surface area contributed by atoms with Gasteiger partial charge in [0.1, 0.15) is 0 Å². The van der Waals surface area contributed by atoms with E-state index >= 15 is 0 Å². The summed E-state index contributed by atoms with van der Waals surface area (Å²) in [4.78, 5) is 24.7. The molecule has 1 aliphatic heterocycles. The van der Waals surface area contributed by atoms with Gasteiger partial charge in [-0.3, -0.25) is 14.5 Å². The summed E-state index contributed by atoms with van der Waals surface area (Å²) in [5, 5.41) is 8.04. The number of carbonyl (C=O) groups excluding carboxylic acids is 2. The number of amides is 2. The Labute approximate surface area is 123 Å². The van der Waals surface area contributed by atoms with E-state index < -0.39 is 16.1 Å². The maximum Gasteiger partial charge on any atom is 0.246 e. The first kappa shape index (κ1) is 15.6. The molecule has 0 radical (unpaired) electrons. The minimum atomic E-state index is -3.75. The highest BCUT2D eigenvalue weighted by molar-refractivity contribution is 7.89. The van der Waals surface area contributed by atoms with Crippen molar-refractivity contribution in [3.05, 3.63) is 29.8 Å². The van der Waals surface area contributed by atoms with Crippen molar-refractivity contribution in [2.45, 2.75) is 30.8 Å². The van der Waals surface area contributed by atoms with E-state index in [4.69, 9.17) is 5.14 Å². The van der Waals surface area contributed by atoms with Crippen LogP contribution in [0.3, 0.4) is 0 Å². The van der Waals surface area contributed by atoms with E-state index in [1.165, 1.54) is 17.0 Å². The molecule has 1 unspecified atom stereocenters. The van der Waals surface area contributed by atoms with Gasteiger partial charge in [0.15, 0.2) is 0 Å². The summed E-state index contributed by atoms with van der Waals surface area (Å²) in [6, 6.07) is 5.59. The number of primary sulfonamides is 1. The molecular weight excluding hydrogens is 294 g/mol. The molecular formula is C13H17N3O4S. The van der Waals surface area contributed by atoms with Gasteiger partial charge < -0.3 is 5.32 Å². The molecule has 3 N–H and O–H groups in total. The van der Waals surface area contributed by atoms with Crippen molar-refractivity contribution < 1.29 is 18.0 Å². The third kappa shape index (κ3) is 3.46. The fourth-order valence-corrected chi connectivity index (χ4v) is 2.83. The number of sulfonamides is 1. The number of nitrogens with zero attached hydrogens (tertiary/aromatic N) is 1. The topological polar surface area (TPSA) is 110 Å². The summed E-state index contributed by atoms with van der Waals surface area (Å²) >= 11 is 0. The van der Waals surface area contributed by atoms with Gasteiger partial charge in [-0.05, 0) is 24.6 Å². The standard InChI is InChI=1S/C13H17N3O4S/c1-2-16-12(17)7-11(13(16)18)15-8-9-4-3-5-10(6-9)21(14,19)20/h3-6,11,15H,2,7-8H2,1H3,(H2,14,19,20). The molecule has 1 heterocycles. The van der Waals surface area contributed by atoms with Crippen molar-refractivity contribution in [2.75, 3.05) is 6.54 Å². The zero-order valence-electron chi connectivity index (χ0n) is 11.6. The Hall–Kier alpha value is -1.77. The van der Waals surface area contributed by atoms with Gasteiger partial charge in [0.05, 0.1) is 17.4 Å². The van der Waals surface area contributed by atoms with Crippen molar-refractivity contribution >= 4 is 21.8 Å². The van der Waals surface area contributed by atoms with Crippen molar-refractivity contribution in [2.24, 2.45) is 5.14 Å². The Kier molecular flexibility index (Phi) is 4.40. The van der Waals surface area contributed by atoms with Gasteiger partial charge in [0, 0.05) is 13.1 Å². The first-order valence-electron chi connectivity index (χ1n) is 6.52. The van der Waals surface area contributed by atoms with Gasteiger partial charge >= 0.3 is 0 Å². The molecule has 2 amide bonds. The van der Waals surface area contributed by atoms with Gasteiger partial charge in [-0.1, -0.05) is 12.1 Å². The molecule has 7 nitrogen and oxygen atoms in total.